The second kappa shape index (κ2) is 12.3. The van der Waals surface area contributed by atoms with Crippen LogP contribution < -0.4 is 20.9 Å². The minimum Gasteiger partial charge on any atom is -0.457 e. The third-order valence-electron chi connectivity index (χ3n) is 6.23. The molecule has 0 aliphatic rings. The van der Waals surface area contributed by atoms with Crippen molar-refractivity contribution in [1.29, 1.82) is 0 Å². The Morgan fingerprint density at radius 2 is 1.68 bits per heavy atom. The van der Waals surface area contributed by atoms with Gasteiger partial charge in [-0.2, -0.15) is 5.10 Å². The van der Waals surface area contributed by atoms with Gasteiger partial charge in [0.1, 0.15) is 23.9 Å². The molecule has 0 aliphatic carbocycles. The first-order valence-corrected chi connectivity index (χ1v) is 13.2. The van der Waals surface area contributed by atoms with E-state index in [1.165, 1.54) is 6.92 Å². The Labute approximate surface area is 237 Å². The van der Waals surface area contributed by atoms with Gasteiger partial charge in [0.2, 0.25) is 5.91 Å². The number of nitrogens with zero attached hydrogens (tertiary/aromatic N) is 3. The van der Waals surface area contributed by atoms with Crippen LogP contribution >= 0.6 is 0 Å². The maximum absolute atomic E-state index is 13.2. The molecule has 0 fully saturated rings. The molecule has 10 heteroatoms. The predicted octanol–water partition coefficient (Wildman–Crippen LogP) is 6.30. The molecular weight excluding hydrogens is 520 g/mol. The number of hydrogen-bond donors (Lipinski definition) is 3. The number of ether oxygens (including phenoxy) is 1. The molecule has 0 saturated heterocycles. The van der Waals surface area contributed by atoms with Gasteiger partial charge in [-0.05, 0) is 43.7 Å². The number of benzene rings is 3. The van der Waals surface area contributed by atoms with Gasteiger partial charge in [-0.15, -0.1) is 0 Å². The standard InChI is InChI=1S/C31H30N6O4/c1-4-22-18-30(37(35-22)24-11-9-20(2)10-12-24)34-31(39)33-28-13-14-29(27-8-6-5-7-26(27)28)41-25-15-16-32-23(17-25)19-40-36-21(3)38/h5-18H,4,19H2,1-3H3,(H,36,38)(H2,33,34,39). The minimum atomic E-state index is -0.391. The van der Waals surface area contributed by atoms with Crippen LogP contribution in [0, 0.1) is 6.92 Å². The van der Waals surface area contributed by atoms with Crippen molar-refractivity contribution in [3.8, 4) is 17.2 Å². The normalized spacial score (nSPS) is 10.8. The third-order valence-corrected chi connectivity index (χ3v) is 6.23. The molecule has 0 bridgehead atoms. The number of carbonyl (C=O) groups excluding carboxylic acids is 2. The first kappa shape index (κ1) is 27.4. The summed E-state index contributed by atoms with van der Waals surface area (Å²) in [5, 5.41) is 12.2. The molecule has 0 atom stereocenters. The number of nitrogens with one attached hydrogen (secondary N) is 3. The zero-order valence-corrected chi connectivity index (χ0v) is 23.0. The largest absolute Gasteiger partial charge is 0.457 e. The molecule has 2 heterocycles. The van der Waals surface area contributed by atoms with Crippen LogP contribution in [0.4, 0.5) is 16.3 Å². The fourth-order valence-corrected chi connectivity index (χ4v) is 4.25. The van der Waals surface area contributed by atoms with Crippen LogP contribution in [0.15, 0.2) is 85.1 Å². The summed E-state index contributed by atoms with van der Waals surface area (Å²) in [6.07, 6.45) is 2.35. The second-order valence-electron chi connectivity index (χ2n) is 9.39. The number of pyridine rings is 1. The molecule has 0 saturated carbocycles. The average molecular weight is 551 g/mol. The zero-order chi connectivity index (χ0) is 28.8. The van der Waals surface area contributed by atoms with Gasteiger partial charge in [0, 0.05) is 36.0 Å². The number of anilines is 2. The van der Waals surface area contributed by atoms with Crippen LogP contribution in [0.1, 0.15) is 30.8 Å². The van der Waals surface area contributed by atoms with Crippen LogP contribution in [0.25, 0.3) is 16.5 Å². The summed E-state index contributed by atoms with van der Waals surface area (Å²) in [6, 6.07) is 24.2. The molecule has 5 rings (SSSR count). The number of fused-ring (bicyclic) bond motifs is 1. The van der Waals surface area contributed by atoms with Crippen LogP contribution in [-0.4, -0.2) is 26.7 Å². The van der Waals surface area contributed by atoms with Crippen molar-refractivity contribution in [1.82, 2.24) is 20.2 Å². The summed E-state index contributed by atoms with van der Waals surface area (Å²) < 4.78 is 7.91. The van der Waals surface area contributed by atoms with Crippen LogP contribution in [-0.2, 0) is 22.7 Å². The number of aryl methyl sites for hydroxylation is 2. The van der Waals surface area contributed by atoms with Gasteiger partial charge in [-0.1, -0.05) is 48.9 Å². The molecule has 10 nitrogen and oxygen atoms in total. The number of carbonyl (C=O) groups is 2. The molecule has 3 aromatic carbocycles. The molecule has 0 spiro atoms. The van der Waals surface area contributed by atoms with Gasteiger partial charge < -0.3 is 10.1 Å². The van der Waals surface area contributed by atoms with Gasteiger partial charge in [-0.3, -0.25) is 19.9 Å². The lowest BCUT2D eigenvalue weighted by Gasteiger charge is -2.14. The topological polar surface area (TPSA) is 119 Å². The van der Waals surface area contributed by atoms with Crippen LogP contribution in [0.2, 0.25) is 0 Å². The Morgan fingerprint density at radius 1 is 0.902 bits per heavy atom. The molecule has 5 aromatic rings. The highest BCUT2D eigenvalue weighted by atomic mass is 16.6. The summed E-state index contributed by atoms with van der Waals surface area (Å²) in [7, 11) is 0. The van der Waals surface area contributed by atoms with Crippen molar-refractivity contribution in [2.45, 2.75) is 33.8 Å². The Kier molecular flexibility index (Phi) is 8.21. The van der Waals surface area contributed by atoms with Gasteiger partial charge in [0.25, 0.3) is 0 Å². The first-order chi connectivity index (χ1) is 19.9. The van der Waals surface area contributed by atoms with E-state index in [9.17, 15) is 9.59 Å². The van der Waals surface area contributed by atoms with E-state index < -0.39 is 6.03 Å². The van der Waals surface area contributed by atoms with Crippen molar-refractivity contribution in [3.63, 3.8) is 0 Å². The van der Waals surface area contributed by atoms with E-state index in [4.69, 9.17) is 9.57 Å². The number of rotatable bonds is 9. The first-order valence-electron chi connectivity index (χ1n) is 13.2. The number of hydrogen-bond acceptors (Lipinski definition) is 6. The number of amides is 3. The summed E-state index contributed by atoms with van der Waals surface area (Å²) in [5.74, 6) is 1.44. The molecule has 3 N–H and O–H groups in total. The van der Waals surface area contributed by atoms with Crippen molar-refractivity contribution in [3.05, 3.63) is 102 Å². The van der Waals surface area contributed by atoms with Gasteiger partial charge in [0.05, 0.1) is 22.8 Å². The Hall–Kier alpha value is -5.22. The molecule has 0 unspecified atom stereocenters. The smallest absolute Gasteiger partial charge is 0.324 e. The highest BCUT2D eigenvalue weighted by Crippen LogP contribution is 2.34. The van der Waals surface area contributed by atoms with Crippen LogP contribution in [0.5, 0.6) is 11.5 Å². The average Bonchev–Trinajstić information content (AvgIpc) is 3.37. The SMILES string of the molecule is CCc1cc(NC(=O)Nc2ccc(Oc3ccnc(CONC(C)=O)c3)c3ccccc23)n(-c2ccc(C)cc2)n1. The highest BCUT2D eigenvalue weighted by Gasteiger charge is 2.15. The van der Waals surface area contributed by atoms with Crippen molar-refractivity contribution < 1.29 is 19.2 Å². The maximum atomic E-state index is 13.2. The maximum Gasteiger partial charge on any atom is 0.324 e. The Balaban J connectivity index is 1.34. The molecule has 41 heavy (non-hydrogen) atoms. The highest BCUT2D eigenvalue weighted by molar-refractivity contribution is 6.07. The number of hydroxylamine groups is 1. The van der Waals surface area contributed by atoms with E-state index in [-0.39, 0.29) is 12.5 Å². The van der Waals surface area contributed by atoms with E-state index in [0.717, 1.165) is 34.1 Å². The van der Waals surface area contributed by atoms with E-state index in [0.29, 0.717) is 28.7 Å². The van der Waals surface area contributed by atoms with Crippen molar-refractivity contribution >= 4 is 34.2 Å². The molecule has 0 aliphatic heterocycles. The number of aromatic nitrogens is 3. The van der Waals surface area contributed by atoms with Crippen LogP contribution in [0.3, 0.4) is 0 Å². The lowest BCUT2D eigenvalue weighted by molar-refractivity contribution is -0.132. The summed E-state index contributed by atoms with van der Waals surface area (Å²) in [6.45, 7) is 5.51. The van der Waals surface area contributed by atoms with Crippen molar-refractivity contribution in [2.75, 3.05) is 10.6 Å². The summed E-state index contributed by atoms with van der Waals surface area (Å²) >= 11 is 0. The second-order valence-corrected chi connectivity index (χ2v) is 9.39. The van der Waals surface area contributed by atoms with E-state index in [1.54, 1.807) is 35.1 Å². The molecule has 208 valence electrons. The Bertz CT molecular complexity index is 1700. The zero-order valence-electron chi connectivity index (χ0n) is 23.0. The van der Waals surface area contributed by atoms with E-state index in [2.05, 4.69) is 26.2 Å². The minimum absolute atomic E-state index is 0.0953. The summed E-state index contributed by atoms with van der Waals surface area (Å²) in [5.41, 5.74) is 6.36. The molecule has 3 amide bonds. The fraction of sp³-hybridized carbons (Fsp3) is 0.161. The lowest BCUT2D eigenvalue weighted by atomic mass is 10.1. The fourth-order valence-electron chi connectivity index (χ4n) is 4.25. The van der Waals surface area contributed by atoms with Gasteiger partial charge >= 0.3 is 6.03 Å². The quantitative estimate of drug-likeness (QED) is 0.185. The summed E-state index contributed by atoms with van der Waals surface area (Å²) in [4.78, 5) is 33.6. The predicted molar refractivity (Wildman–Crippen MR) is 157 cm³/mol. The molecular formula is C31H30N6O4. The van der Waals surface area contributed by atoms with E-state index >= 15 is 0 Å². The number of urea groups is 1. The van der Waals surface area contributed by atoms with Gasteiger partial charge in [0.15, 0.2) is 0 Å². The lowest BCUT2D eigenvalue weighted by Crippen LogP contribution is -2.21. The van der Waals surface area contributed by atoms with Crippen molar-refractivity contribution in [2.24, 2.45) is 0 Å². The third kappa shape index (κ3) is 6.68. The molecule has 0 radical (unpaired) electrons. The van der Waals surface area contributed by atoms with Gasteiger partial charge in [-0.25, -0.2) is 15.0 Å². The monoisotopic (exact) mass is 550 g/mol. The molecule has 2 aromatic heterocycles. The Morgan fingerprint density at radius 3 is 2.44 bits per heavy atom. The van der Waals surface area contributed by atoms with E-state index in [1.807, 2.05) is 68.4 Å².